The van der Waals surface area contributed by atoms with Gasteiger partial charge in [0.1, 0.15) is 0 Å². The van der Waals surface area contributed by atoms with E-state index in [2.05, 4.69) is 62.3 Å². The Hall–Kier alpha value is -0.560. The summed E-state index contributed by atoms with van der Waals surface area (Å²) >= 11 is 3.58. The number of allylic oxidation sites excluding steroid dienone is 1. The highest BCUT2D eigenvalue weighted by Crippen LogP contribution is 2.29. The first-order valence-corrected chi connectivity index (χ1v) is 5.64. The van der Waals surface area contributed by atoms with E-state index in [4.69, 9.17) is 0 Å². The molecule has 0 saturated carbocycles. The molecule has 0 saturated heterocycles. The molecule has 14 heavy (non-hydrogen) atoms. The molecule has 1 rings (SSSR count). The van der Waals surface area contributed by atoms with Crippen LogP contribution in [0.15, 0.2) is 28.8 Å². The summed E-state index contributed by atoms with van der Waals surface area (Å²) in [5.41, 5.74) is 5.17. The maximum atomic E-state index is 4.00. The van der Waals surface area contributed by atoms with Gasteiger partial charge in [-0.2, -0.15) is 0 Å². The lowest BCUT2D eigenvalue weighted by atomic mass is 9.92. The van der Waals surface area contributed by atoms with Crippen molar-refractivity contribution in [1.82, 2.24) is 0 Å². The molecule has 1 atom stereocenters. The molecule has 1 aromatic rings. The standard InChI is InChI=1S/C13H17Br/c1-8(2)11(5)12-6-9(3)13(14)10(4)7-12/h6-7,11H,1H2,2-5H3. The molecule has 1 heteroatoms. The first kappa shape index (κ1) is 11.5. The fourth-order valence-electron chi connectivity index (χ4n) is 1.51. The summed E-state index contributed by atoms with van der Waals surface area (Å²) in [5, 5.41) is 0. The lowest BCUT2D eigenvalue weighted by Crippen LogP contribution is -1.96. The van der Waals surface area contributed by atoms with Crippen molar-refractivity contribution >= 4 is 15.9 Å². The third kappa shape index (κ3) is 2.27. The predicted octanol–water partition coefficient (Wildman–Crippen LogP) is 4.75. The lowest BCUT2D eigenvalue weighted by molar-refractivity contribution is 0.894. The van der Waals surface area contributed by atoms with Gasteiger partial charge in [0.05, 0.1) is 0 Å². The highest BCUT2D eigenvalue weighted by Gasteiger charge is 2.09. The van der Waals surface area contributed by atoms with Crippen LogP contribution in [0.25, 0.3) is 0 Å². The van der Waals surface area contributed by atoms with Crippen LogP contribution in [0, 0.1) is 13.8 Å². The third-order valence-electron chi connectivity index (χ3n) is 2.70. The van der Waals surface area contributed by atoms with Gasteiger partial charge in [-0.05, 0) is 37.5 Å². The van der Waals surface area contributed by atoms with Gasteiger partial charge < -0.3 is 0 Å². The van der Waals surface area contributed by atoms with Gasteiger partial charge in [-0.3, -0.25) is 0 Å². The molecule has 0 radical (unpaired) electrons. The predicted molar refractivity (Wildman–Crippen MR) is 66.8 cm³/mol. The van der Waals surface area contributed by atoms with E-state index in [1.165, 1.54) is 26.7 Å². The Morgan fingerprint density at radius 1 is 1.29 bits per heavy atom. The monoisotopic (exact) mass is 252 g/mol. The second kappa shape index (κ2) is 4.31. The third-order valence-corrected chi connectivity index (χ3v) is 3.95. The zero-order valence-corrected chi connectivity index (χ0v) is 10.9. The van der Waals surface area contributed by atoms with Crippen molar-refractivity contribution in [2.75, 3.05) is 0 Å². The number of hydrogen-bond donors (Lipinski definition) is 0. The van der Waals surface area contributed by atoms with Crippen molar-refractivity contribution in [1.29, 1.82) is 0 Å². The van der Waals surface area contributed by atoms with E-state index >= 15 is 0 Å². The van der Waals surface area contributed by atoms with E-state index < -0.39 is 0 Å². The molecule has 0 spiro atoms. The van der Waals surface area contributed by atoms with Crippen molar-refractivity contribution in [3.8, 4) is 0 Å². The highest BCUT2D eigenvalue weighted by atomic mass is 79.9. The van der Waals surface area contributed by atoms with E-state index in [0.29, 0.717) is 5.92 Å². The summed E-state index contributed by atoms with van der Waals surface area (Å²) in [5.74, 6) is 0.445. The van der Waals surface area contributed by atoms with Crippen LogP contribution in [0.4, 0.5) is 0 Å². The maximum absolute atomic E-state index is 4.00. The average Bonchev–Trinajstić information content (AvgIpc) is 2.12. The number of benzene rings is 1. The molecule has 0 bridgehead atoms. The summed E-state index contributed by atoms with van der Waals surface area (Å²) < 4.78 is 1.22. The van der Waals surface area contributed by atoms with Crippen molar-refractivity contribution in [2.45, 2.75) is 33.6 Å². The van der Waals surface area contributed by atoms with E-state index in [9.17, 15) is 0 Å². The number of hydrogen-bond acceptors (Lipinski definition) is 0. The first-order valence-electron chi connectivity index (χ1n) is 4.85. The SMILES string of the molecule is C=C(C)C(C)c1cc(C)c(Br)c(C)c1. The van der Waals surface area contributed by atoms with Crippen LogP contribution in [0.5, 0.6) is 0 Å². The molecule has 0 aliphatic rings. The molecule has 0 aliphatic heterocycles. The molecule has 0 N–H and O–H groups in total. The topological polar surface area (TPSA) is 0 Å². The van der Waals surface area contributed by atoms with Crippen LogP contribution in [0.2, 0.25) is 0 Å². The van der Waals surface area contributed by atoms with Crippen LogP contribution in [-0.4, -0.2) is 0 Å². The van der Waals surface area contributed by atoms with Crippen molar-refractivity contribution in [2.24, 2.45) is 0 Å². The van der Waals surface area contributed by atoms with Crippen LogP contribution in [-0.2, 0) is 0 Å². The van der Waals surface area contributed by atoms with Gasteiger partial charge >= 0.3 is 0 Å². The minimum Gasteiger partial charge on any atom is -0.0995 e. The van der Waals surface area contributed by atoms with Gasteiger partial charge in [0.25, 0.3) is 0 Å². The second-order valence-electron chi connectivity index (χ2n) is 4.04. The molecular formula is C13H17Br. The van der Waals surface area contributed by atoms with Gasteiger partial charge in [-0.25, -0.2) is 0 Å². The Kier molecular flexibility index (Phi) is 3.54. The summed E-state index contributed by atoms with van der Waals surface area (Å²) in [6.45, 7) is 12.5. The molecule has 76 valence electrons. The molecule has 0 heterocycles. The summed E-state index contributed by atoms with van der Waals surface area (Å²) in [7, 11) is 0. The van der Waals surface area contributed by atoms with E-state index in [-0.39, 0.29) is 0 Å². The van der Waals surface area contributed by atoms with E-state index in [0.717, 1.165) is 0 Å². The van der Waals surface area contributed by atoms with Crippen LogP contribution < -0.4 is 0 Å². The molecule has 0 aromatic heterocycles. The van der Waals surface area contributed by atoms with E-state index in [1.54, 1.807) is 0 Å². The van der Waals surface area contributed by atoms with Gasteiger partial charge in [-0.15, -0.1) is 0 Å². The Morgan fingerprint density at radius 2 is 1.71 bits per heavy atom. The lowest BCUT2D eigenvalue weighted by Gasteiger charge is -2.14. The quantitative estimate of drug-likeness (QED) is 0.667. The van der Waals surface area contributed by atoms with E-state index in [1.807, 2.05) is 0 Å². The largest absolute Gasteiger partial charge is 0.0995 e. The zero-order valence-electron chi connectivity index (χ0n) is 9.32. The fraction of sp³-hybridized carbons (Fsp3) is 0.385. The maximum Gasteiger partial charge on any atom is 0.0233 e. The normalized spacial score (nSPS) is 12.6. The number of halogens is 1. The molecular weight excluding hydrogens is 236 g/mol. The van der Waals surface area contributed by atoms with Crippen LogP contribution >= 0.6 is 15.9 Å². The fourth-order valence-corrected chi connectivity index (χ4v) is 1.74. The molecule has 0 fully saturated rings. The smallest absolute Gasteiger partial charge is 0.0233 e. The summed E-state index contributed by atoms with van der Waals surface area (Å²) in [6, 6.07) is 4.47. The van der Waals surface area contributed by atoms with Crippen LogP contribution in [0.3, 0.4) is 0 Å². The van der Waals surface area contributed by atoms with Crippen LogP contribution in [0.1, 0.15) is 36.5 Å². The second-order valence-corrected chi connectivity index (χ2v) is 4.83. The minimum atomic E-state index is 0.445. The van der Waals surface area contributed by atoms with Gasteiger partial charge in [0, 0.05) is 10.4 Å². The van der Waals surface area contributed by atoms with Gasteiger partial charge in [0.15, 0.2) is 0 Å². The van der Waals surface area contributed by atoms with Crippen molar-refractivity contribution < 1.29 is 0 Å². The first-order chi connectivity index (χ1) is 6.43. The Morgan fingerprint density at radius 3 is 2.07 bits per heavy atom. The minimum absolute atomic E-state index is 0.445. The van der Waals surface area contributed by atoms with Gasteiger partial charge in [-0.1, -0.05) is 47.1 Å². The Labute approximate surface area is 95.2 Å². The average molecular weight is 253 g/mol. The van der Waals surface area contributed by atoms with Gasteiger partial charge in [0.2, 0.25) is 0 Å². The highest BCUT2D eigenvalue weighted by molar-refractivity contribution is 9.10. The summed E-state index contributed by atoms with van der Waals surface area (Å²) in [4.78, 5) is 0. The molecule has 0 nitrogen and oxygen atoms in total. The molecule has 0 amide bonds. The Balaban J connectivity index is 3.19. The molecule has 1 unspecified atom stereocenters. The van der Waals surface area contributed by atoms with Crippen molar-refractivity contribution in [3.63, 3.8) is 0 Å². The zero-order chi connectivity index (χ0) is 10.9. The Bertz CT molecular complexity index is 340. The van der Waals surface area contributed by atoms with Crippen molar-refractivity contribution in [3.05, 3.63) is 45.4 Å². The summed E-state index contributed by atoms with van der Waals surface area (Å²) in [6.07, 6.45) is 0. The molecule has 1 aromatic carbocycles. The number of aryl methyl sites for hydroxylation is 2. The number of rotatable bonds is 2. The molecule has 0 aliphatic carbocycles.